The zero-order valence-electron chi connectivity index (χ0n) is 15.0. The lowest BCUT2D eigenvalue weighted by Crippen LogP contribution is -2.32. The first-order chi connectivity index (χ1) is 12.6. The summed E-state index contributed by atoms with van der Waals surface area (Å²) in [4.78, 5) is 23.8. The summed E-state index contributed by atoms with van der Waals surface area (Å²) in [6.45, 7) is 3.49. The van der Waals surface area contributed by atoms with E-state index in [1.807, 2.05) is 36.4 Å². The molecular formula is C20H22N2O4. The molecule has 0 bridgehead atoms. The lowest BCUT2D eigenvalue weighted by molar-refractivity contribution is -0.146. The average Bonchev–Trinajstić information content (AvgIpc) is 2.69. The van der Waals surface area contributed by atoms with Gasteiger partial charge in [-0.3, -0.25) is 9.59 Å². The van der Waals surface area contributed by atoms with E-state index in [0.717, 1.165) is 11.3 Å². The van der Waals surface area contributed by atoms with Gasteiger partial charge in [0.25, 0.3) is 0 Å². The summed E-state index contributed by atoms with van der Waals surface area (Å²) in [7, 11) is 0. The second-order valence-electron chi connectivity index (χ2n) is 5.67. The van der Waals surface area contributed by atoms with E-state index in [1.54, 1.807) is 13.8 Å². The van der Waals surface area contributed by atoms with Gasteiger partial charge in [0.05, 0.1) is 12.2 Å². The van der Waals surface area contributed by atoms with Gasteiger partial charge < -0.3 is 14.8 Å². The number of benzene rings is 1. The minimum atomic E-state index is -0.627. The lowest BCUT2D eigenvalue weighted by Gasteiger charge is -2.27. The summed E-state index contributed by atoms with van der Waals surface area (Å²) in [5, 5.41) is 12.7. The van der Waals surface area contributed by atoms with Crippen LogP contribution in [0.1, 0.15) is 32.3 Å². The molecule has 1 atom stereocenters. The summed E-state index contributed by atoms with van der Waals surface area (Å²) < 4.78 is 10.2. The normalized spacial score (nSPS) is 18.0. The number of nitrogens with one attached hydrogen (secondary N) is 1. The largest absolute Gasteiger partial charge is 0.465 e. The lowest BCUT2D eigenvalue weighted by atomic mass is 9.92. The molecule has 0 fully saturated rings. The molecule has 1 aliphatic rings. The van der Waals surface area contributed by atoms with Gasteiger partial charge in [0.15, 0.2) is 0 Å². The van der Waals surface area contributed by atoms with Gasteiger partial charge in [-0.05, 0) is 18.9 Å². The first kappa shape index (κ1) is 19.3. The Morgan fingerprint density at radius 1 is 1.23 bits per heavy atom. The Balaban J connectivity index is 2.36. The first-order valence-electron chi connectivity index (χ1n) is 8.58. The second kappa shape index (κ2) is 9.42. The monoisotopic (exact) mass is 354 g/mol. The van der Waals surface area contributed by atoms with Crippen molar-refractivity contribution in [3.8, 4) is 6.07 Å². The van der Waals surface area contributed by atoms with Crippen LogP contribution in [0.5, 0.6) is 0 Å². The SMILES string of the molecule is CCOC(=O)C1CC=C(c2ccccc2)N/C1=C(/C#N)COC(=O)CC. The van der Waals surface area contributed by atoms with Crippen LogP contribution in [-0.4, -0.2) is 25.2 Å². The maximum absolute atomic E-state index is 12.3. The summed E-state index contributed by atoms with van der Waals surface area (Å²) in [6.07, 6.45) is 2.53. The molecule has 1 N–H and O–H groups in total. The Morgan fingerprint density at radius 3 is 2.58 bits per heavy atom. The standard InChI is InChI=1S/C20H22N2O4/c1-3-18(23)26-13-15(12-21)19-16(20(24)25-4-2)10-11-17(22-19)14-8-6-5-7-9-14/h5-9,11,16,22H,3-4,10,13H2,1-2H3/b19-15-. The molecule has 0 spiro atoms. The van der Waals surface area contributed by atoms with Gasteiger partial charge in [-0.15, -0.1) is 0 Å². The highest BCUT2D eigenvalue weighted by Gasteiger charge is 2.30. The van der Waals surface area contributed by atoms with Crippen molar-refractivity contribution >= 4 is 17.6 Å². The smallest absolute Gasteiger partial charge is 0.315 e. The number of carbonyl (C=O) groups is 2. The van der Waals surface area contributed by atoms with E-state index in [-0.39, 0.29) is 25.2 Å². The number of nitrogens with zero attached hydrogens (tertiary/aromatic N) is 1. The van der Waals surface area contributed by atoms with Crippen molar-refractivity contribution in [2.24, 2.45) is 5.92 Å². The van der Waals surface area contributed by atoms with Gasteiger partial charge in [0, 0.05) is 17.8 Å². The molecule has 1 aromatic carbocycles. The van der Waals surface area contributed by atoms with Crippen molar-refractivity contribution in [2.75, 3.05) is 13.2 Å². The van der Waals surface area contributed by atoms with Crippen LogP contribution in [0.15, 0.2) is 47.7 Å². The van der Waals surface area contributed by atoms with E-state index in [2.05, 4.69) is 11.4 Å². The van der Waals surface area contributed by atoms with Crippen molar-refractivity contribution in [2.45, 2.75) is 26.7 Å². The van der Waals surface area contributed by atoms with Crippen molar-refractivity contribution in [3.63, 3.8) is 0 Å². The van der Waals surface area contributed by atoms with Crippen LogP contribution in [0.4, 0.5) is 0 Å². The van der Waals surface area contributed by atoms with E-state index in [1.165, 1.54) is 0 Å². The molecule has 0 amide bonds. The molecular weight excluding hydrogens is 332 g/mol. The molecule has 1 aromatic rings. The van der Waals surface area contributed by atoms with E-state index < -0.39 is 17.9 Å². The molecule has 136 valence electrons. The molecule has 2 rings (SSSR count). The second-order valence-corrected chi connectivity index (χ2v) is 5.67. The van der Waals surface area contributed by atoms with Crippen LogP contribution in [0, 0.1) is 17.2 Å². The third-order valence-electron chi connectivity index (χ3n) is 3.96. The van der Waals surface area contributed by atoms with Gasteiger partial charge in [-0.1, -0.05) is 43.3 Å². The number of esters is 2. The molecule has 0 aliphatic carbocycles. The number of hydrogen-bond donors (Lipinski definition) is 1. The number of nitriles is 1. The van der Waals surface area contributed by atoms with Gasteiger partial charge in [0.2, 0.25) is 0 Å². The summed E-state index contributed by atoms with van der Waals surface area (Å²) in [5.41, 5.74) is 2.38. The summed E-state index contributed by atoms with van der Waals surface area (Å²) in [6, 6.07) is 11.7. The molecule has 0 saturated carbocycles. The zero-order chi connectivity index (χ0) is 18.9. The minimum Gasteiger partial charge on any atom is -0.465 e. The zero-order valence-corrected chi connectivity index (χ0v) is 15.0. The highest BCUT2D eigenvalue weighted by molar-refractivity contribution is 5.80. The highest BCUT2D eigenvalue weighted by atomic mass is 16.5. The molecule has 0 saturated heterocycles. The number of hydrogen-bond acceptors (Lipinski definition) is 6. The van der Waals surface area contributed by atoms with Crippen molar-refractivity contribution < 1.29 is 19.1 Å². The van der Waals surface area contributed by atoms with Crippen molar-refractivity contribution in [1.29, 1.82) is 5.26 Å². The fraction of sp³-hybridized carbons (Fsp3) is 0.350. The van der Waals surface area contributed by atoms with Crippen LogP contribution in [-0.2, 0) is 19.1 Å². The molecule has 0 radical (unpaired) electrons. The molecule has 1 heterocycles. The fourth-order valence-corrected chi connectivity index (χ4v) is 2.61. The number of rotatable bonds is 6. The van der Waals surface area contributed by atoms with Crippen LogP contribution in [0.2, 0.25) is 0 Å². The van der Waals surface area contributed by atoms with Crippen LogP contribution in [0.3, 0.4) is 0 Å². The van der Waals surface area contributed by atoms with Crippen LogP contribution in [0.25, 0.3) is 5.70 Å². The van der Waals surface area contributed by atoms with E-state index in [9.17, 15) is 14.9 Å². The van der Waals surface area contributed by atoms with Gasteiger partial charge in [-0.2, -0.15) is 5.26 Å². The van der Waals surface area contributed by atoms with Crippen molar-refractivity contribution in [3.05, 3.63) is 53.2 Å². The fourth-order valence-electron chi connectivity index (χ4n) is 2.61. The predicted octanol–water partition coefficient (Wildman–Crippen LogP) is 2.93. The van der Waals surface area contributed by atoms with Gasteiger partial charge in [-0.25, -0.2) is 0 Å². The number of ether oxygens (including phenoxy) is 2. The summed E-state index contributed by atoms with van der Waals surface area (Å²) in [5.74, 6) is -1.44. The predicted molar refractivity (Wildman–Crippen MR) is 96.2 cm³/mol. The first-order valence-corrected chi connectivity index (χ1v) is 8.58. The van der Waals surface area contributed by atoms with Crippen LogP contribution < -0.4 is 5.32 Å². The van der Waals surface area contributed by atoms with Crippen LogP contribution >= 0.6 is 0 Å². The van der Waals surface area contributed by atoms with E-state index >= 15 is 0 Å². The Labute approximate surface area is 153 Å². The minimum absolute atomic E-state index is 0.177. The number of allylic oxidation sites excluding steroid dienone is 1. The quantitative estimate of drug-likeness (QED) is 0.624. The maximum Gasteiger partial charge on any atom is 0.315 e. The maximum atomic E-state index is 12.3. The third-order valence-corrected chi connectivity index (χ3v) is 3.96. The van der Waals surface area contributed by atoms with E-state index in [0.29, 0.717) is 12.1 Å². The Hall–Kier alpha value is -3.07. The van der Waals surface area contributed by atoms with Crippen molar-refractivity contribution in [1.82, 2.24) is 5.32 Å². The van der Waals surface area contributed by atoms with Gasteiger partial charge >= 0.3 is 11.9 Å². The third kappa shape index (κ3) is 4.73. The Kier molecular flexibility index (Phi) is 6.98. The molecule has 26 heavy (non-hydrogen) atoms. The summed E-state index contributed by atoms with van der Waals surface area (Å²) >= 11 is 0. The Morgan fingerprint density at radius 2 is 1.96 bits per heavy atom. The topological polar surface area (TPSA) is 88.4 Å². The number of carbonyl (C=O) groups excluding carboxylic acids is 2. The molecule has 0 aromatic heterocycles. The average molecular weight is 354 g/mol. The molecule has 1 aliphatic heterocycles. The molecule has 1 unspecified atom stereocenters. The molecule has 6 heteroatoms. The Bertz CT molecular complexity index is 760. The van der Waals surface area contributed by atoms with E-state index in [4.69, 9.17) is 9.47 Å². The highest BCUT2D eigenvalue weighted by Crippen LogP contribution is 2.29. The van der Waals surface area contributed by atoms with Gasteiger partial charge in [0.1, 0.15) is 18.6 Å². The molecule has 6 nitrogen and oxygen atoms in total.